The third-order valence-electron chi connectivity index (χ3n) is 4.38. The van der Waals surface area contributed by atoms with Crippen molar-refractivity contribution >= 4 is 40.2 Å². The number of esters is 1. The number of rotatable bonds is 6. The molecule has 3 N–H and O–H groups in total. The van der Waals surface area contributed by atoms with Crippen LogP contribution in [0.25, 0.3) is 11.1 Å². The van der Waals surface area contributed by atoms with Crippen LogP contribution in [0, 0.1) is 5.92 Å². The molecule has 1 aliphatic carbocycles. The third-order valence-corrected chi connectivity index (χ3v) is 5.28. The molecule has 0 radical (unpaired) electrons. The topological polar surface area (TPSA) is 114 Å². The van der Waals surface area contributed by atoms with Gasteiger partial charge in [0, 0.05) is 23.9 Å². The summed E-state index contributed by atoms with van der Waals surface area (Å²) in [4.78, 5) is 48.4. The maximum atomic E-state index is 12.9. The van der Waals surface area contributed by atoms with Crippen molar-refractivity contribution < 1.29 is 23.9 Å². The molecule has 0 spiro atoms. The second kappa shape index (κ2) is 8.87. The first-order valence-electron chi connectivity index (χ1n) is 9.12. The Hall–Kier alpha value is -3.20. The number of ether oxygens (including phenoxy) is 1. The highest BCUT2D eigenvalue weighted by Crippen LogP contribution is 2.38. The van der Waals surface area contributed by atoms with Crippen LogP contribution in [0.1, 0.15) is 30.1 Å². The molecule has 1 fully saturated rings. The number of hydrogen-bond donors (Lipinski definition) is 3. The first-order valence-corrected chi connectivity index (χ1v) is 10.00. The Balaban J connectivity index is 1.85. The quantitative estimate of drug-likeness (QED) is 0.628. The van der Waals surface area contributed by atoms with E-state index >= 15 is 0 Å². The maximum absolute atomic E-state index is 12.9. The Morgan fingerprint density at radius 1 is 1.14 bits per heavy atom. The van der Waals surface area contributed by atoms with Gasteiger partial charge in [-0.05, 0) is 25.3 Å². The fourth-order valence-corrected chi connectivity index (χ4v) is 3.55. The Morgan fingerprint density at radius 3 is 2.45 bits per heavy atom. The van der Waals surface area contributed by atoms with E-state index in [1.807, 2.05) is 30.3 Å². The summed E-state index contributed by atoms with van der Waals surface area (Å²) in [5.74, 6) is -1.67. The first kappa shape index (κ1) is 20.5. The minimum Gasteiger partial charge on any atom is -0.449 e. The monoisotopic (exact) mass is 415 g/mol. The number of thiophene rings is 1. The summed E-state index contributed by atoms with van der Waals surface area (Å²) >= 11 is 1.23. The minimum absolute atomic E-state index is 0.0293. The standard InChI is InChI=1S/C20H21N3O5S/c1-11(16(24)23-20(27)21-2)28-19(26)15-14(12-6-4-3-5-7-12)10-29-18(15)22-17(25)13-8-9-13/h3-7,10-11,13H,8-9H2,1-2H3,(H,22,25)(H2,21,23,24,27)/t11-/m0/s1. The first-order chi connectivity index (χ1) is 13.9. The summed E-state index contributed by atoms with van der Waals surface area (Å²) in [6, 6.07) is 8.51. The van der Waals surface area contributed by atoms with Crippen LogP contribution in [-0.4, -0.2) is 37.0 Å². The van der Waals surface area contributed by atoms with Crippen LogP contribution in [0.15, 0.2) is 35.7 Å². The lowest BCUT2D eigenvalue weighted by Crippen LogP contribution is -2.43. The average molecular weight is 415 g/mol. The number of amides is 4. The van der Waals surface area contributed by atoms with Crippen LogP contribution in [-0.2, 0) is 14.3 Å². The fraction of sp³-hybridized carbons (Fsp3) is 0.300. The maximum Gasteiger partial charge on any atom is 0.342 e. The summed E-state index contributed by atoms with van der Waals surface area (Å²) in [6.07, 6.45) is 0.466. The van der Waals surface area contributed by atoms with Crippen molar-refractivity contribution in [1.29, 1.82) is 0 Å². The third kappa shape index (κ3) is 5.00. The SMILES string of the molecule is CNC(=O)NC(=O)[C@H](C)OC(=O)c1c(-c2ccccc2)csc1NC(=O)C1CC1. The zero-order chi connectivity index (χ0) is 21.0. The summed E-state index contributed by atoms with van der Waals surface area (Å²) < 4.78 is 5.29. The van der Waals surface area contributed by atoms with E-state index in [1.54, 1.807) is 5.38 Å². The number of carbonyl (C=O) groups is 4. The summed E-state index contributed by atoms with van der Waals surface area (Å²) in [7, 11) is 1.37. The Labute approximate surface area is 171 Å². The molecule has 0 unspecified atom stereocenters. The molecule has 0 bridgehead atoms. The number of nitrogens with one attached hydrogen (secondary N) is 3. The van der Waals surface area contributed by atoms with E-state index in [1.165, 1.54) is 25.3 Å². The average Bonchev–Trinajstić information content (AvgIpc) is 3.49. The Kier molecular flexibility index (Phi) is 6.28. The second-order valence-electron chi connectivity index (χ2n) is 6.60. The van der Waals surface area contributed by atoms with E-state index in [4.69, 9.17) is 4.74 Å². The van der Waals surface area contributed by atoms with Crippen molar-refractivity contribution in [3.8, 4) is 11.1 Å². The van der Waals surface area contributed by atoms with Crippen LogP contribution >= 0.6 is 11.3 Å². The van der Waals surface area contributed by atoms with Crippen LogP contribution in [0.4, 0.5) is 9.80 Å². The Bertz CT molecular complexity index is 937. The molecule has 8 nitrogen and oxygen atoms in total. The van der Waals surface area contributed by atoms with Gasteiger partial charge in [-0.1, -0.05) is 30.3 Å². The van der Waals surface area contributed by atoms with Gasteiger partial charge in [0.1, 0.15) is 10.6 Å². The molecule has 1 aromatic heterocycles. The van der Waals surface area contributed by atoms with E-state index in [-0.39, 0.29) is 17.4 Å². The molecule has 4 amide bonds. The van der Waals surface area contributed by atoms with Crippen LogP contribution in [0.2, 0.25) is 0 Å². The van der Waals surface area contributed by atoms with Gasteiger partial charge in [-0.3, -0.25) is 14.9 Å². The van der Waals surface area contributed by atoms with Crippen LogP contribution in [0.5, 0.6) is 0 Å². The second-order valence-corrected chi connectivity index (χ2v) is 7.48. The van der Waals surface area contributed by atoms with Crippen molar-refractivity contribution in [2.75, 3.05) is 12.4 Å². The van der Waals surface area contributed by atoms with E-state index in [0.29, 0.717) is 10.6 Å². The van der Waals surface area contributed by atoms with E-state index in [0.717, 1.165) is 18.4 Å². The van der Waals surface area contributed by atoms with Crippen molar-refractivity contribution in [1.82, 2.24) is 10.6 Å². The molecule has 1 atom stereocenters. The highest BCUT2D eigenvalue weighted by Gasteiger charge is 2.32. The molecule has 3 rings (SSSR count). The number of urea groups is 1. The molecular formula is C20H21N3O5S. The van der Waals surface area contributed by atoms with Gasteiger partial charge in [-0.25, -0.2) is 9.59 Å². The molecule has 152 valence electrons. The number of carbonyl (C=O) groups excluding carboxylic acids is 4. The molecule has 0 aliphatic heterocycles. The molecule has 1 aliphatic rings. The van der Waals surface area contributed by atoms with E-state index in [9.17, 15) is 19.2 Å². The van der Waals surface area contributed by atoms with Gasteiger partial charge in [0.05, 0.1) is 0 Å². The predicted octanol–water partition coefficient (Wildman–Crippen LogP) is 2.76. The minimum atomic E-state index is -1.20. The van der Waals surface area contributed by atoms with Gasteiger partial charge >= 0.3 is 12.0 Å². The number of imide groups is 1. The van der Waals surface area contributed by atoms with Gasteiger partial charge in [0.25, 0.3) is 5.91 Å². The Morgan fingerprint density at radius 2 is 1.83 bits per heavy atom. The van der Waals surface area contributed by atoms with E-state index < -0.39 is 24.0 Å². The van der Waals surface area contributed by atoms with Crippen molar-refractivity contribution in [2.45, 2.75) is 25.9 Å². The highest BCUT2D eigenvalue weighted by molar-refractivity contribution is 7.15. The molecule has 1 aromatic carbocycles. The van der Waals surface area contributed by atoms with Crippen LogP contribution in [0.3, 0.4) is 0 Å². The summed E-state index contributed by atoms with van der Waals surface area (Å²) in [6.45, 7) is 1.37. The van der Waals surface area contributed by atoms with Crippen LogP contribution < -0.4 is 16.0 Å². The van der Waals surface area contributed by atoms with E-state index in [2.05, 4.69) is 16.0 Å². The largest absolute Gasteiger partial charge is 0.449 e. The number of anilines is 1. The van der Waals surface area contributed by atoms with Gasteiger partial charge in [-0.2, -0.15) is 0 Å². The zero-order valence-corrected chi connectivity index (χ0v) is 16.8. The highest BCUT2D eigenvalue weighted by atomic mass is 32.1. The summed E-state index contributed by atoms with van der Waals surface area (Å²) in [5.41, 5.74) is 1.57. The van der Waals surface area contributed by atoms with Crippen molar-refractivity contribution in [3.63, 3.8) is 0 Å². The predicted molar refractivity (Wildman–Crippen MR) is 109 cm³/mol. The lowest BCUT2D eigenvalue weighted by atomic mass is 10.0. The number of hydrogen-bond acceptors (Lipinski definition) is 6. The molecule has 29 heavy (non-hydrogen) atoms. The van der Waals surface area contributed by atoms with Gasteiger partial charge in [0.2, 0.25) is 5.91 Å². The summed E-state index contributed by atoms with van der Waals surface area (Å²) in [5, 5.41) is 9.26. The van der Waals surface area contributed by atoms with Gasteiger partial charge in [-0.15, -0.1) is 11.3 Å². The molecule has 0 saturated heterocycles. The van der Waals surface area contributed by atoms with Gasteiger partial charge < -0.3 is 15.4 Å². The lowest BCUT2D eigenvalue weighted by molar-refractivity contribution is -0.128. The normalized spacial score (nSPS) is 13.9. The smallest absolute Gasteiger partial charge is 0.342 e. The van der Waals surface area contributed by atoms with Crippen molar-refractivity contribution in [3.05, 3.63) is 41.3 Å². The fourth-order valence-electron chi connectivity index (χ4n) is 2.59. The lowest BCUT2D eigenvalue weighted by Gasteiger charge is -2.14. The molecule has 1 saturated carbocycles. The van der Waals surface area contributed by atoms with Crippen molar-refractivity contribution in [2.24, 2.45) is 5.92 Å². The molecule has 2 aromatic rings. The molecule has 1 heterocycles. The zero-order valence-electron chi connectivity index (χ0n) is 16.0. The number of benzene rings is 1. The molecule has 9 heteroatoms. The van der Waals surface area contributed by atoms with Gasteiger partial charge in [0.15, 0.2) is 6.10 Å². The molecular weight excluding hydrogens is 394 g/mol.